The summed E-state index contributed by atoms with van der Waals surface area (Å²) in [6, 6.07) is 4.38. The Kier molecular flexibility index (Phi) is 4.33. The summed E-state index contributed by atoms with van der Waals surface area (Å²) in [6.07, 6.45) is -1.03. The smallest absolute Gasteiger partial charge is 0.414 e. The number of carbonyl (C=O) groups is 2. The van der Waals surface area contributed by atoms with Crippen LogP contribution in [-0.2, 0) is 9.53 Å². The second-order valence-electron chi connectivity index (χ2n) is 5.57. The highest BCUT2D eigenvalue weighted by Crippen LogP contribution is 2.27. The Morgan fingerprint density at radius 1 is 1.52 bits per heavy atom. The molecule has 3 rings (SSSR count). The lowest BCUT2D eigenvalue weighted by Crippen LogP contribution is -2.50. The van der Waals surface area contributed by atoms with Gasteiger partial charge in [-0.05, 0) is 12.1 Å². The predicted molar refractivity (Wildman–Crippen MR) is 80.0 cm³/mol. The first-order valence-electron chi connectivity index (χ1n) is 7.42. The van der Waals surface area contributed by atoms with Gasteiger partial charge in [-0.25, -0.2) is 9.18 Å². The van der Waals surface area contributed by atoms with Crippen LogP contribution in [0.5, 0.6) is 5.75 Å². The number of hydrogen-bond donors (Lipinski definition) is 2. The van der Waals surface area contributed by atoms with Crippen LogP contribution >= 0.6 is 0 Å². The molecule has 1 aromatic carbocycles. The number of carbonyl (C=O) groups excluding carboxylic acids is 2. The van der Waals surface area contributed by atoms with Gasteiger partial charge in [0.05, 0.1) is 18.8 Å². The number of anilines is 1. The van der Waals surface area contributed by atoms with E-state index in [0.717, 1.165) is 0 Å². The molecule has 124 valence electrons. The Bertz CT molecular complexity index is 621. The van der Waals surface area contributed by atoms with E-state index in [9.17, 15) is 14.0 Å². The summed E-state index contributed by atoms with van der Waals surface area (Å²) in [4.78, 5) is 24.1. The molecule has 1 aromatic rings. The average molecular weight is 323 g/mol. The first-order valence-corrected chi connectivity index (χ1v) is 7.42. The largest absolute Gasteiger partial charge is 0.485 e. The van der Waals surface area contributed by atoms with Crippen LogP contribution in [0.15, 0.2) is 18.2 Å². The molecule has 0 aromatic heterocycles. The predicted octanol–water partition coefficient (Wildman–Crippen LogP) is 0.638. The van der Waals surface area contributed by atoms with Crippen LogP contribution in [0.25, 0.3) is 0 Å². The molecule has 2 aliphatic heterocycles. The summed E-state index contributed by atoms with van der Waals surface area (Å²) >= 11 is 0. The number of benzene rings is 1. The molecule has 0 saturated carbocycles. The summed E-state index contributed by atoms with van der Waals surface area (Å²) < 4.78 is 24.8. The Morgan fingerprint density at radius 2 is 2.30 bits per heavy atom. The lowest BCUT2D eigenvalue weighted by molar-refractivity contribution is -0.119. The highest BCUT2D eigenvalue weighted by Gasteiger charge is 2.33. The maximum absolute atomic E-state index is 14.1. The van der Waals surface area contributed by atoms with Crippen molar-refractivity contribution in [3.05, 3.63) is 24.0 Å². The molecule has 0 radical (unpaired) electrons. The van der Waals surface area contributed by atoms with Crippen LogP contribution in [0.4, 0.5) is 14.9 Å². The molecular weight excluding hydrogens is 305 g/mol. The van der Waals surface area contributed by atoms with E-state index in [4.69, 9.17) is 9.47 Å². The van der Waals surface area contributed by atoms with Gasteiger partial charge < -0.3 is 20.1 Å². The Morgan fingerprint density at radius 3 is 2.91 bits per heavy atom. The zero-order valence-corrected chi connectivity index (χ0v) is 12.7. The van der Waals surface area contributed by atoms with Crippen molar-refractivity contribution in [1.29, 1.82) is 0 Å². The second kappa shape index (κ2) is 6.41. The number of nitrogens with zero attached hydrogens (tertiary/aromatic N) is 1. The number of ether oxygens (including phenoxy) is 2. The van der Waals surface area contributed by atoms with Gasteiger partial charge in [-0.15, -0.1) is 0 Å². The molecule has 0 bridgehead atoms. The first kappa shape index (κ1) is 15.5. The van der Waals surface area contributed by atoms with Gasteiger partial charge in [0.1, 0.15) is 12.2 Å². The molecule has 2 N–H and O–H groups in total. The zero-order valence-electron chi connectivity index (χ0n) is 12.7. The first-order chi connectivity index (χ1) is 11.0. The third-order valence-electron chi connectivity index (χ3n) is 3.72. The fourth-order valence-electron chi connectivity index (χ4n) is 2.37. The van der Waals surface area contributed by atoms with Crippen molar-refractivity contribution in [2.24, 2.45) is 0 Å². The van der Waals surface area contributed by atoms with E-state index in [1.807, 2.05) is 0 Å². The van der Waals surface area contributed by atoms with Gasteiger partial charge in [-0.2, -0.15) is 0 Å². The van der Waals surface area contributed by atoms with E-state index in [0.29, 0.717) is 18.8 Å². The van der Waals surface area contributed by atoms with Gasteiger partial charge in [0.15, 0.2) is 11.6 Å². The highest BCUT2D eigenvalue weighted by molar-refractivity contribution is 5.89. The van der Waals surface area contributed by atoms with E-state index >= 15 is 0 Å². The maximum Gasteiger partial charge on any atom is 0.414 e. The summed E-state index contributed by atoms with van der Waals surface area (Å²) in [5.41, 5.74) is 0.400. The van der Waals surface area contributed by atoms with E-state index in [-0.39, 0.29) is 30.9 Å². The molecule has 2 fully saturated rings. The van der Waals surface area contributed by atoms with Crippen molar-refractivity contribution in [3.63, 3.8) is 0 Å². The molecule has 2 aliphatic rings. The summed E-state index contributed by atoms with van der Waals surface area (Å²) in [6.45, 7) is 3.27. The molecule has 7 nitrogen and oxygen atoms in total. The summed E-state index contributed by atoms with van der Waals surface area (Å²) in [7, 11) is 0. The number of amides is 2. The maximum atomic E-state index is 14.1. The minimum atomic E-state index is -0.559. The van der Waals surface area contributed by atoms with Gasteiger partial charge in [0, 0.05) is 26.1 Å². The van der Waals surface area contributed by atoms with Crippen LogP contribution in [-0.4, -0.2) is 50.4 Å². The molecule has 0 aliphatic carbocycles. The fraction of sp³-hybridized carbons (Fsp3) is 0.467. The Labute approximate surface area is 132 Å². The number of hydrogen-bond acceptors (Lipinski definition) is 5. The van der Waals surface area contributed by atoms with Gasteiger partial charge in [0.2, 0.25) is 5.91 Å². The zero-order chi connectivity index (χ0) is 16.4. The van der Waals surface area contributed by atoms with Crippen molar-refractivity contribution in [2.75, 3.05) is 31.1 Å². The molecule has 2 amide bonds. The second-order valence-corrected chi connectivity index (χ2v) is 5.57. The SMILES string of the molecule is CC(=O)NC[C@H]1CN(c2ccc(OC3CNC3)c(F)c2)C(=O)O1. The lowest BCUT2D eigenvalue weighted by atomic mass is 10.2. The van der Waals surface area contributed by atoms with Crippen LogP contribution in [0.1, 0.15) is 6.92 Å². The molecule has 2 saturated heterocycles. The van der Waals surface area contributed by atoms with Crippen molar-refractivity contribution in [1.82, 2.24) is 10.6 Å². The third kappa shape index (κ3) is 3.53. The quantitative estimate of drug-likeness (QED) is 0.831. The molecular formula is C15H18FN3O4. The molecule has 0 unspecified atom stereocenters. The Balaban J connectivity index is 1.65. The minimum absolute atomic E-state index is 0.0193. The molecule has 1 atom stereocenters. The fourth-order valence-corrected chi connectivity index (χ4v) is 2.37. The summed E-state index contributed by atoms with van der Waals surface area (Å²) in [5.74, 6) is -0.548. The standard InChI is InChI=1S/C15H18FN3O4/c1-9(20)18-7-12-8-19(15(21)23-12)10-2-3-14(13(16)4-10)22-11-5-17-6-11/h2-4,11-12,17H,5-8H2,1H3,(H,18,20)/t12-/m0/s1. The Hall–Kier alpha value is -2.35. The minimum Gasteiger partial charge on any atom is -0.485 e. The van der Waals surface area contributed by atoms with E-state index in [1.165, 1.54) is 24.0 Å². The van der Waals surface area contributed by atoms with Crippen molar-refractivity contribution < 1.29 is 23.5 Å². The number of halogens is 1. The topological polar surface area (TPSA) is 79.9 Å². The number of nitrogens with one attached hydrogen (secondary N) is 2. The van der Waals surface area contributed by atoms with Crippen molar-refractivity contribution in [3.8, 4) is 5.75 Å². The molecule has 23 heavy (non-hydrogen) atoms. The molecule has 0 spiro atoms. The van der Waals surface area contributed by atoms with Crippen LogP contribution in [0, 0.1) is 5.82 Å². The lowest BCUT2D eigenvalue weighted by Gasteiger charge is -2.28. The number of rotatable bonds is 5. The normalized spacial score (nSPS) is 20.9. The van der Waals surface area contributed by atoms with Crippen LogP contribution in [0.3, 0.4) is 0 Å². The van der Waals surface area contributed by atoms with E-state index in [1.54, 1.807) is 6.07 Å². The van der Waals surface area contributed by atoms with Gasteiger partial charge in [-0.1, -0.05) is 0 Å². The monoisotopic (exact) mass is 323 g/mol. The van der Waals surface area contributed by atoms with Gasteiger partial charge >= 0.3 is 6.09 Å². The molecule has 8 heteroatoms. The van der Waals surface area contributed by atoms with E-state index in [2.05, 4.69) is 10.6 Å². The van der Waals surface area contributed by atoms with Crippen molar-refractivity contribution >= 4 is 17.7 Å². The van der Waals surface area contributed by atoms with Crippen LogP contribution in [0.2, 0.25) is 0 Å². The van der Waals surface area contributed by atoms with Crippen LogP contribution < -0.4 is 20.3 Å². The highest BCUT2D eigenvalue weighted by atomic mass is 19.1. The average Bonchev–Trinajstić information content (AvgIpc) is 2.83. The van der Waals surface area contributed by atoms with Gasteiger partial charge in [0.25, 0.3) is 0 Å². The third-order valence-corrected chi connectivity index (χ3v) is 3.72. The van der Waals surface area contributed by atoms with Crippen molar-refractivity contribution in [2.45, 2.75) is 19.1 Å². The van der Waals surface area contributed by atoms with E-state index < -0.39 is 18.0 Å². The summed E-state index contributed by atoms with van der Waals surface area (Å²) in [5, 5.41) is 5.63. The molecule has 2 heterocycles. The number of cyclic esters (lactones) is 1. The van der Waals surface area contributed by atoms with Gasteiger partial charge in [-0.3, -0.25) is 9.69 Å².